The molecule has 0 spiro atoms. The Bertz CT molecular complexity index is 969. The minimum atomic E-state index is -4.58. The first-order valence-corrected chi connectivity index (χ1v) is 9.46. The Hall–Kier alpha value is -2.04. The summed E-state index contributed by atoms with van der Waals surface area (Å²) in [5.41, 5.74) is -1.87. The number of methoxy groups -OCH3 is 1. The summed E-state index contributed by atoms with van der Waals surface area (Å²) in [5, 5.41) is 1.77. The quantitative estimate of drug-likeness (QED) is 0.561. The van der Waals surface area contributed by atoms with E-state index in [0.29, 0.717) is 11.3 Å². The molecule has 0 amide bonds. The van der Waals surface area contributed by atoms with Gasteiger partial charge in [-0.25, -0.2) is 4.21 Å². The van der Waals surface area contributed by atoms with E-state index < -0.39 is 27.4 Å². The van der Waals surface area contributed by atoms with Crippen molar-refractivity contribution in [1.82, 2.24) is 4.31 Å². The number of alkyl halides is 3. The van der Waals surface area contributed by atoms with Crippen molar-refractivity contribution >= 4 is 21.8 Å². The van der Waals surface area contributed by atoms with E-state index in [1.165, 1.54) is 0 Å². The summed E-state index contributed by atoms with van der Waals surface area (Å²) in [7, 11) is -0.211. The van der Waals surface area contributed by atoms with Gasteiger partial charge in [0.25, 0.3) is 0 Å². The fourth-order valence-electron chi connectivity index (χ4n) is 2.71. The largest absolute Gasteiger partial charge is 0.497 e. The first kappa shape index (κ1) is 19.7. The van der Waals surface area contributed by atoms with Crippen molar-refractivity contribution in [2.24, 2.45) is 0 Å². The highest BCUT2D eigenvalue weighted by Crippen LogP contribution is 2.48. The molecule has 7 heteroatoms. The van der Waals surface area contributed by atoms with Crippen molar-refractivity contribution in [3.8, 4) is 17.6 Å². The molecule has 1 aliphatic heterocycles. The van der Waals surface area contributed by atoms with Crippen molar-refractivity contribution in [1.29, 1.82) is 0 Å². The minimum Gasteiger partial charge on any atom is -0.497 e. The van der Waals surface area contributed by atoms with E-state index in [2.05, 4.69) is 11.8 Å². The minimum absolute atomic E-state index is 0.377. The zero-order chi connectivity index (χ0) is 20.0. The van der Waals surface area contributed by atoms with Gasteiger partial charge in [0.2, 0.25) is 5.54 Å². The molecule has 3 atom stereocenters. The monoisotopic (exact) mass is 395 g/mol. The van der Waals surface area contributed by atoms with Crippen molar-refractivity contribution < 1.29 is 22.1 Å². The predicted molar refractivity (Wildman–Crippen MR) is 101 cm³/mol. The Morgan fingerprint density at radius 1 is 1.11 bits per heavy atom. The van der Waals surface area contributed by atoms with Crippen LogP contribution in [0.5, 0.6) is 5.75 Å². The molecule has 0 bridgehead atoms. The number of nitrogens with zero attached hydrogens (tertiary/aromatic N) is 1. The van der Waals surface area contributed by atoms with Gasteiger partial charge in [0.05, 0.1) is 18.4 Å². The van der Waals surface area contributed by atoms with Gasteiger partial charge in [0.15, 0.2) is 0 Å². The maximum absolute atomic E-state index is 13.6. The first-order valence-electron chi connectivity index (χ1n) is 8.35. The van der Waals surface area contributed by atoms with Gasteiger partial charge in [-0.1, -0.05) is 24.0 Å². The lowest BCUT2D eigenvalue weighted by atomic mass is 10.1. The molecule has 1 fully saturated rings. The second-order valence-corrected chi connectivity index (χ2v) is 9.60. The number of benzene rings is 2. The molecule has 0 aliphatic carbocycles. The van der Waals surface area contributed by atoms with Crippen molar-refractivity contribution in [2.45, 2.75) is 37.2 Å². The van der Waals surface area contributed by atoms with E-state index >= 15 is 0 Å². The maximum Gasteiger partial charge on any atom is 0.420 e. The van der Waals surface area contributed by atoms with E-state index in [4.69, 9.17) is 4.74 Å². The van der Waals surface area contributed by atoms with Gasteiger partial charge in [-0.15, -0.1) is 0 Å². The fraction of sp³-hybridized carbons (Fsp3) is 0.400. The lowest BCUT2D eigenvalue weighted by Gasteiger charge is -2.22. The lowest BCUT2D eigenvalue weighted by molar-refractivity contribution is -0.150. The summed E-state index contributed by atoms with van der Waals surface area (Å²) in [6.07, 6.45) is -4.58. The van der Waals surface area contributed by atoms with E-state index in [1.54, 1.807) is 52.1 Å². The Labute approximate surface area is 159 Å². The summed E-state index contributed by atoms with van der Waals surface area (Å²) in [4.78, 5) is 0. The van der Waals surface area contributed by atoms with Crippen LogP contribution in [0.4, 0.5) is 13.2 Å². The maximum atomic E-state index is 13.6. The van der Waals surface area contributed by atoms with Crippen LogP contribution in [-0.2, 0) is 11.0 Å². The van der Waals surface area contributed by atoms with Gasteiger partial charge in [0.1, 0.15) is 16.7 Å². The van der Waals surface area contributed by atoms with Gasteiger partial charge in [-0.05, 0) is 55.8 Å². The van der Waals surface area contributed by atoms with E-state index in [1.807, 2.05) is 12.1 Å². The molecule has 2 unspecified atom stereocenters. The zero-order valence-corrected chi connectivity index (χ0v) is 16.3. The molecule has 0 saturated carbocycles. The van der Waals surface area contributed by atoms with E-state index in [9.17, 15) is 17.4 Å². The van der Waals surface area contributed by atoms with Crippen LogP contribution in [0.2, 0.25) is 0 Å². The zero-order valence-electron chi connectivity index (χ0n) is 15.5. The highest BCUT2D eigenvalue weighted by molar-refractivity contribution is 7.84. The van der Waals surface area contributed by atoms with Crippen molar-refractivity contribution in [3.63, 3.8) is 0 Å². The van der Waals surface area contributed by atoms with Crippen molar-refractivity contribution in [3.05, 3.63) is 42.0 Å². The molecule has 1 heterocycles. The lowest BCUT2D eigenvalue weighted by Crippen LogP contribution is -2.39. The smallest absolute Gasteiger partial charge is 0.420 e. The van der Waals surface area contributed by atoms with Crippen LogP contribution >= 0.6 is 0 Å². The SMILES string of the molecule is COc1ccc2cc(C#C[C@]3(C(F)(F)F)CN3S(=O)C(C)(C)C)ccc2c1. The van der Waals surface area contributed by atoms with Crippen LogP contribution in [0.1, 0.15) is 26.3 Å². The summed E-state index contributed by atoms with van der Waals surface area (Å²) in [6, 6.07) is 10.7. The van der Waals surface area contributed by atoms with E-state index in [-0.39, 0.29) is 6.54 Å². The molecule has 0 aromatic heterocycles. The molecule has 0 radical (unpaired) electrons. The second kappa shape index (κ2) is 6.54. The molecular formula is C20H20F3NO2S. The average Bonchev–Trinajstić information content (AvgIpc) is 3.33. The van der Waals surface area contributed by atoms with Crippen LogP contribution in [0.25, 0.3) is 10.8 Å². The highest BCUT2D eigenvalue weighted by Gasteiger charge is 2.72. The van der Waals surface area contributed by atoms with E-state index in [0.717, 1.165) is 15.1 Å². The summed E-state index contributed by atoms with van der Waals surface area (Å²) in [5.74, 6) is 5.69. The number of hydrogen-bond acceptors (Lipinski definition) is 2. The third kappa shape index (κ3) is 3.69. The van der Waals surface area contributed by atoms with Gasteiger partial charge < -0.3 is 4.74 Å². The Morgan fingerprint density at radius 3 is 2.33 bits per heavy atom. The number of fused-ring (bicyclic) bond motifs is 1. The van der Waals surface area contributed by atoms with Gasteiger partial charge in [-0.2, -0.15) is 17.5 Å². The van der Waals surface area contributed by atoms with Gasteiger partial charge in [-0.3, -0.25) is 0 Å². The topological polar surface area (TPSA) is 29.3 Å². The molecule has 144 valence electrons. The molecule has 2 aromatic carbocycles. The van der Waals surface area contributed by atoms with Crippen LogP contribution in [0.15, 0.2) is 36.4 Å². The van der Waals surface area contributed by atoms with Crippen LogP contribution in [-0.4, -0.2) is 38.6 Å². The third-order valence-corrected chi connectivity index (χ3v) is 6.24. The molecule has 27 heavy (non-hydrogen) atoms. The number of halogens is 3. The Morgan fingerprint density at radius 2 is 1.74 bits per heavy atom. The predicted octanol–water partition coefficient (Wildman–Crippen LogP) is 4.28. The van der Waals surface area contributed by atoms with Crippen LogP contribution in [0, 0.1) is 11.8 Å². The molecule has 2 aromatic rings. The van der Waals surface area contributed by atoms with Crippen LogP contribution < -0.4 is 4.74 Å². The molecule has 1 saturated heterocycles. The Kier molecular flexibility index (Phi) is 4.77. The summed E-state index contributed by atoms with van der Waals surface area (Å²) in [6.45, 7) is 4.56. The standard InChI is InChI=1S/C20H20F3NO2S/c1-18(2,3)27(25)24-13-19(24,20(21,22)23)10-9-14-5-6-16-12-17(26-4)8-7-15(16)11-14/h5-8,11-12H,13H2,1-4H3/t19-,24?,27?/m1/s1. The third-order valence-electron chi connectivity index (χ3n) is 4.35. The summed E-state index contributed by atoms with van der Waals surface area (Å²) < 4.78 is 58.6. The normalized spacial score (nSPS) is 23.4. The van der Waals surface area contributed by atoms with Crippen LogP contribution in [0.3, 0.4) is 0 Å². The van der Waals surface area contributed by atoms with Gasteiger partial charge in [0, 0.05) is 5.56 Å². The second-order valence-electron chi connectivity index (χ2n) is 7.43. The average molecular weight is 395 g/mol. The molecule has 3 nitrogen and oxygen atoms in total. The number of hydrogen-bond donors (Lipinski definition) is 0. The molecular weight excluding hydrogens is 375 g/mol. The molecule has 0 N–H and O–H groups in total. The number of ether oxygens (including phenoxy) is 1. The Balaban J connectivity index is 1.94. The van der Waals surface area contributed by atoms with Crippen molar-refractivity contribution in [2.75, 3.05) is 13.7 Å². The summed E-state index contributed by atoms with van der Waals surface area (Å²) >= 11 is 0. The molecule has 1 aliphatic rings. The fourth-order valence-corrected chi connectivity index (χ4v) is 4.11. The first-order chi connectivity index (χ1) is 12.5. The molecule has 3 rings (SSSR count). The highest BCUT2D eigenvalue weighted by atomic mass is 32.2. The number of rotatable bonds is 2. The van der Waals surface area contributed by atoms with Gasteiger partial charge >= 0.3 is 6.18 Å².